The van der Waals surface area contributed by atoms with Gasteiger partial charge in [-0.05, 0) is 29.8 Å². The molecule has 0 bridgehead atoms. The predicted molar refractivity (Wildman–Crippen MR) is 82.1 cm³/mol. The highest BCUT2D eigenvalue weighted by molar-refractivity contribution is 5.96. The number of hydrogen-bond acceptors (Lipinski definition) is 3. The van der Waals surface area contributed by atoms with Gasteiger partial charge in [-0.1, -0.05) is 12.1 Å². The first-order chi connectivity index (χ1) is 9.99. The number of halogens is 1. The number of benzene rings is 1. The molecule has 4 nitrogen and oxygen atoms in total. The maximum Gasteiger partial charge on any atom is 0.231 e. The molecule has 0 radical (unpaired) electrons. The van der Waals surface area contributed by atoms with Crippen molar-refractivity contribution < 1.29 is 9.18 Å². The van der Waals surface area contributed by atoms with E-state index in [4.69, 9.17) is 0 Å². The summed E-state index contributed by atoms with van der Waals surface area (Å²) in [7, 11) is 5.44. The number of hydrogen-bond donors (Lipinski definition) is 0. The molecule has 0 N–H and O–H groups in total. The van der Waals surface area contributed by atoms with Gasteiger partial charge in [-0.2, -0.15) is 0 Å². The number of carbonyl (C=O) groups excluding carboxylic acids is 1. The van der Waals surface area contributed by atoms with Crippen molar-refractivity contribution in [2.75, 3.05) is 30.9 Å². The van der Waals surface area contributed by atoms with Crippen molar-refractivity contribution in [2.24, 2.45) is 0 Å². The Morgan fingerprint density at radius 1 is 1.19 bits per heavy atom. The molecule has 1 amide bonds. The lowest BCUT2D eigenvalue weighted by Gasteiger charge is -2.23. The topological polar surface area (TPSA) is 36.4 Å². The van der Waals surface area contributed by atoms with Crippen LogP contribution in [0.1, 0.15) is 5.56 Å². The second kappa shape index (κ2) is 6.35. The lowest BCUT2D eigenvalue weighted by molar-refractivity contribution is -0.117. The van der Waals surface area contributed by atoms with Gasteiger partial charge in [0.05, 0.1) is 12.1 Å². The first kappa shape index (κ1) is 15.0. The molecule has 0 aliphatic carbocycles. The van der Waals surface area contributed by atoms with Crippen LogP contribution in [0.2, 0.25) is 0 Å². The SMILES string of the molecule is CN(C)c1ncccc1N(C)C(=O)Cc1cccc(F)c1. The average molecular weight is 287 g/mol. The smallest absolute Gasteiger partial charge is 0.231 e. The summed E-state index contributed by atoms with van der Waals surface area (Å²) in [5.74, 6) is 0.266. The number of anilines is 2. The quantitative estimate of drug-likeness (QED) is 0.867. The van der Waals surface area contributed by atoms with E-state index in [-0.39, 0.29) is 18.1 Å². The molecule has 0 saturated carbocycles. The summed E-state index contributed by atoms with van der Waals surface area (Å²) < 4.78 is 13.2. The molecule has 0 aliphatic heterocycles. The van der Waals surface area contributed by atoms with E-state index < -0.39 is 0 Å². The van der Waals surface area contributed by atoms with Gasteiger partial charge in [0.1, 0.15) is 5.82 Å². The van der Waals surface area contributed by atoms with Gasteiger partial charge in [-0.15, -0.1) is 0 Å². The lowest BCUT2D eigenvalue weighted by Crippen LogP contribution is -2.29. The van der Waals surface area contributed by atoms with Gasteiger partial charge in [-0.25, -0.2) is 9.37 Å². The summed E-state index contributed by atoms with van der Waals surface area (Å²) in [6, 6.07) is 9.71. The Morgan fingerprint density at radius 2 is 1.95 bits per heavy atom. The molecule has 1 aromatic carbocycles. The number of aromatic nitrogens is 1. The Kier molecular flexibility index (Phi) is 4.52. The molecular weight excluding hydrogens is 269 g/mol. The zero-order valence-electron chi connectivity index (χ0n) is 12.4. The number of rotatable bonds is 4. The maximum absolute atomic E-state index is 13.2. The van der Waals surface area contributed by atoms with Gasteiger partial charge in [0.2, 0.25) is 5.91 Å². The van der Waals surface area contributed by atoms with Crippen LogP contribution in [-0.2, 0) is 11.2 Å². The van der Waals surface area contributed by atoms with E-state index in [1.807, 2.05) is 25.1 Å². The fourth-order valence-corrected chi connectivity index (χ4v) is 2.07. The third-order valence-electron chi connectivity index (χ3n) is 3.17. The van der Waals surface area contributed by atoms with Crippen molar-refractivity contribution >= 4 is 17.4 Å². The van der Waals surface area contributed by atoms with Gasteiger partial charge >= 0.3 is 0 Å². The van der Waals surface area contributed by atoms with E-state index in [1.165, 1.54) is 12.1 Å². The maximum atomic E-state index is 13.2. The van der Waals surface area contributed by atoms with E-state index in [0.29, 0.717) is 11.4 Å². The van der Waals surface area contributed by atoms with Crippen LogP contribution in [0.3, 0.4) is 0 Å². The molecular formula is C16H18FN3O. The van der Waals surface area contributed by atoms with E-state index in [1.54, 1.807) is 36.3 Å². The molecule has 0 fully saturated rings. The number of likely N-dealkylation sites (N-methyl/N-ethyl adjacent to an activating group) is 1. The number of carbonyl (C=O) groups is 1. The molecule has 21 heavy (non-hydrogen) atoms. The molecule has 0 spiro atoms. The highest BCUT2D eigenvalue weighted by Crippen LogP contribution is 2.24. The molecule has 0 unspecified atom stereocenters. The first-order valence-electron chi connectivity index (χ1n) is 6.62. The van der Waals surface area contributed by atoms with Crippen LogP contribution in [-0.4, -0.2) is 32.0 Å². The lowest BCUT2D eigenvalue weighted by atomic mass is 10.1. The minimum atomic E-state index is -0.335. The molecule has 1 heterocycles. The fourth-order valence-electron chi connectivity index (χ4n) is 2.07. The standard InChI is InChI=1S/C16H18FN3O/c1-19(2)16-14(8-5-9-18-16)20(3)15(21)11-12-6-4-7-13(17)10-12/h4-10H,11H2,1-3H3. The molecule has 5 heteroatoms. The highest BCUT2D eigenvalue weighted by Gasteiger charge is 2.16. The molecule has 0 aliphatic rings. The van der Waals surface area contributed by atoms with E-state index in [9.17, 15) is 9.18 Å². The molecule has 2 rings (SSSR count). The van der Waals surface area contributed by atoms with Gasteiger partial charge in [0.15, 0.2) is 5.82 Å². The van der Waals surface area contributed by atoms with Crippen molar-refractivity contribution in [2.45, 2.75) is 6.42 Å². The third kappa shape index (κ3) is 3.56. The zero-order valence-corrected chi connectivity index (χ0v) is 12.4. The summed E-state index contributed by atoms with van der Waals surface area (Å²) in [6.45, 7) is 0. The average Bonchev–Trinajstić information content (AvgIpc) is 2.46. The van der Waals surface area contributed by atoms with E-state index in [0.717, 1.165) is 5.69 Å². The largest absolute Gasteiger partial charge is 0.361 e. The zero-order chi connectivity index (χ0) is 15.4. The Hall–Kier alpha value is -2.43. The first-order valence-corrected chi connectivity index (χ1v) is 6.62. The molecule has 1 aromatic heterocycles. The molecule has 0 atom stereocenters. The number of pyridine rings is 1. The van der Waals surface area contributed by atoms with Crippen LogP contribution in [0.4, 0.5) is 15.9 Å². The monoisotopic (exact) mass is 287 g/mol. The van der Waals surface area contributed by atoms with Crippen LogP contribution in [0.25, 0.3) is 0 Å². The normalized spacial score (nSPS) is 10.3. The number of nitrogens with zero attached hydrogens (tertiary/aromatic N) is 3. The van der Waals surface area contributed by atoms with E-state index >= 15 is 0 Å². The minimum Gasteiger partial charge on any atom is -0.361 e. The van der Waals surface area contributed by atoms with Gasteiger partial charge in [0.25, 0.3) is 0 Å². The van der Waals surface area contributed by atoms with Gasteiger partial charge in [-0.3, -0.25) is 4.79 Å². The summed E-state index contributed by atoms with van der Waals surface area (Å²) in [5.41, 5.74) is 1.38. The second-order valence-electron chi connectivity index (χ2n) is 5.00. The van der Waals surface area contributed by atoms with Crippen LogP contribution in [0.5, 0.6) is 0 Å². The molecule has 0 saturated heterocycles. The predicted octanol–water partition coefficient (Wildman–Crippen LogP) is 2.49. The minimum absolute atomic E-state index is 0.114. The van der Waals surface area contributed by atoms with E-state index in [2.05, 4.69) is 4.98 Å². The Balaban J connectivity index is 2.20. The third-order valence-corrected chi connectivity index (χ3v) is 3.17. The van der Waals surface area contributed by atoms with Gasteiger partial charge in [0, 0.05) is 27.3 Å². The summed E-state index contributed by atoms with van der Waals surface area (Å²) in [4.78, 5) is 20.0. The fraction of sp³-hybridized carbons (Fsp3) is 0.250. The Labute approximate surface area is 123 Å². The van der Waals surface area contributed by atoms with Crippen molar-refractivity contribution in [3.05, 3.63) is 54.0 Å². The molecule has 110 valence electrons. The van der Waals surface area contributed by atoms with Crippen molar-refractivity contribution in [1.29, 1.82) is 0 Å². The Bertz CT molecular complexity index is 643. The van der Waals surface area contributed by atoms with Crippen LogP contribution in [0, 0.1) is 5.82 Å². The van der Waals surface area contributed by atoms with Crippen molar-refractivity contribution in [3.8, 4) is 0 Å². The van der Waals surface area contributed by atoms with Gasteiger partial charge < -0.3 is 9.80 Å². The Morgan fingerprint density at radius 3 is 2.62 bits per heavy atom. The summed E-state index contributed by atoms with van der Waals surface area (Å²) >= 11 is 0. The van der Waals surface area contributed by atoms with Crippen LogP contribution in [0.15, 0.2) is 42.6 Å². The van der Waals surface area contributed by atoms with Crippen molar-refractivity contribution in [1.82, 2.24) is 4.98 Å². The highest BCUT2D eigenvalue weighted by atomic mass is 19.1. The second-order valence-corrected chi connectivity index (χ2v) is 5.00. The van der Waals surface area contributed by atoms with Crippen LogP contribution >= 0.6 is 0 Å². The van der Waals surface area contributed by atoms with Crippen molar-refractivity contribution in [3.63, 3.8) is 0 Å². The summed E-state index contributed by atoms with van der Waals surface area (Å²) in [6.07, 6.45) is 1.83. The number of amides is 1. The molecule has 2 aromatic rings. The van der Waals surface area contributed by atoms with Crippen LogP contribution < -0.4 is 9.80 Å². The summed E-state index contributed by atoms with van der Waals surface area (Å²) in [5, 5.41) is 0.